The first-order valence-electron chi connectivity index (χ1n) is 5.56. The first-order chi connectivity index (χ1) is 8.15. The van der Waals surface area contributed by atoms with E-state index in [2.05, 4.69) is 0 Å². The summed E-state index contributed by atoms with van der Waals surface area (Å²) < 4.78 is 10.5. The van der Waals surface area contributed by atoms with Gasteiger partial charge in [0.2, 0.25) is 0 Å². The number of carbonyl (C=O) groups is 1. The number of anilines is 1. The van der Waals surface area contributed by atoms with Crippen LogP contribution >= 0.6 is 11.6 Å². The molecule has 2 N–H and O–H groups in total. The predicted molar refractivity (Wildman–Crippen MR) is 65.6 cm³/mol. The lowest BCUT2D eigenvalue weighted by atomic mass is 10.1. The van der Waals surface area contributed by atoms with Crippen molar-refractivity contribution in [2.75, 3.05) is 18.9 Å². The first kappa shape index (κ1) is 12.0. The molecule has 92 valence electrons. The Morgan fingerprint density at radius 2 is 2.41 bits per heavy atom. The standard InChI is InChI=1S/C12H14ClNO3/c1-2-4-17-12(15)8-6-9(13)10(14)7-3-5-16-11(7)8/h6H,2-5,14H2,1H3. The smallest absolute Gasteiger partial charge is 0.341 e. The molecule has 0 bridgehead atoms. The van der Waals surface area contributed by atoms with Crippen LogP contribution in [0.2, 0.25) is 5.02 Å². The van der Waals surface area contributed by atoms with E-state index in [1.807, 2.05) is 6.92 Å². The molecule has 2 rings (SSSR count). The molecule has 1 aromatic carbocycles. The number of rotatable bonds is 3. The van der Waals surface area contributed by atoms with Crippen molar-refractivity contribution in [3.63, 3.8) is 0 Å². The molecule has 0 aliphatic carbocycles. The second-order valence-corrected chi connectivity index (χ2v) is 4.27. The number of ether oxygens (including phenoxy) is 2. The largest absolute Gasteiger partial charge is 0.492 e. The maximum Gasteiger partial charge on any atom is 0.341 e. The lowest BCUT2D eigenvalue weighted by Gasteiger charge is -2.10. The number of esters is 1. The van der Waals surface area contributed by atoms with Crippen LogP contribution in [0.25, 0.3) is 0 Å². The summed E-state index contributed by atoms with van der Waals surface area (Å²) in [6, 6.07) is 1.51. The molecule has 1 aliphatic rings. The van der Waals surface area contributed by atoms with E-state index in [4.69, 9.17) is 26.8 Å². The summed E-state index contributed by atoms with van der Waals surface area (Å²) in [5.41, 5.74) is 7.50. The van der Waals surface area contributed by atoms with Gasteiger partial charge in [0.25, 0.3) is 0 Å². The summed E-state index contributed by atoms with van der Waals surface area (Å²) in [5.74, 6) is 0.111. The Bertz CT molecular complexity index is 460. The molecular formula is C12H14ClNO3. The number of benzene rings is 1. The van der Waals surface area contributed by atoms with Crippen molar-refractivity contribution >= 4 is 23.3 Å². The average molecular weight is 256 g/mol. The summed E-state index contributed by atoms with van der Waals surface area (Å²) in [4.78, 5) is 11.8. The zero-order chi connectivity index (χ0) is 12.4. The van der Waals surface area contributed by atoms with Gasteiger partial charge in [0, 0.05) is 12.0 Å². The highest BCUT2D eigenvalue weighted by molar-refractivity contribution is 6.33. The van der Waals surface area contributed by atoms with Gasteiger partial charge in [0.1, 0.15) is 11.3 Å². The third kappa shape index (κ3) is 2.17. The van der Waals surface area contributed by atoms with E-state index in [9.17, 15) is 4.79 Å². The Morgan fingerprint density at radius 3 is 3.12 bits per heavy atom. The van der Waals surface area contributed by atoms with Crippen molar-refractivity contribution in [1.29, 1.82) is 0 Å². The molecule has 1 aliphatic heterocycles. The zero-order valence-corrected chi connectivity index (χ0v) is 10.3. The zero-order valence-electron chi connectivity index (χ0n) is 9.59. The molecule has 5 heteroatoms. The van der Waals surface area contributed by atoms with Gasteiger partial charge >= 0.3 is 5.97 Å². The molecule has 0 atom stereocenters. The molecule has 0 saturated heterocycles. The fourth-order valence-corrected chi connectivity index (χ4v) is 2.01. The minimum atomic E-state index is -0.410. The Morgan fingerprint density at radius 1 is 1.65 bits per heavy atom. The first-order valence-corrected chi connectivity index (χ1v) is 5.93. The quantitative estimate of drug-likeness (QED) is 0.666. The van der Waals surface area contributed by atoms with Crippen LogP contribution in [-0.4, -0.2) is 19.2 Å². The van der Waals surface area contributed by atoms with E-state index in [1.54, 1.807) is 0 Å². The lowest BCUT2D eigenvalue weighted by molar-refractivity contribution is 0.0501. The third-order valence-corrected chi connectivity index (χ3v) is 2.94. The fourth-order valence-electron chi connectivity index (χ4n) is 1.79. The van der Waals surface area contributed by atoms with E-state index in [1.165, 1.54) is 6.07 Å². The molecule has 0 saturated carbocycles. The minimum Gasteiger partial charge on any atom is -0.492 e. The summed E-state index contributed by atoms with van der Waals surface area (Å²) in [6.07, 6.45) is 1.45. The number of hydrogen-bond donors (Lipinski definition) is 1. The van der Waals surface area contributed by atoms with Gasteiger partial charge in [-0.15, -0.1) is 0 Å². The highest BCUT2D eigenvalue weighted by Crippen LogP contribution is 2.38. The molecule has 0 spiro atoms. The van der Waals surface area contributed by atoms with Crippen LogP contribution < -0.4 is 10.5 Å². The van der Waals surface area contributed by atoms with Crippen molar-refractivity contribution in [1.82, 2.24) is 0 Å². The number of halogens is 1. The van der Waals surface area contributed by atoms with Crippen LogP contribution in [0.4, 0.5) is 5.69 Å². The number of nitrogen functional groups attached to an aromatic ring is 1. The molecule has 1 heterocycles. The highest BCUT2D eigenvalue weighted by Gasteiger charge is 2.25. The molecule has 0 unspecified atom stereocenters. The minimum absolute atomic E-state index is 0.366. The fraction of sp³-hybridized carbons (Fsp3) is 0.417. The number of nitrogens with two attached hydrogens (primary N) is 1. The highest BCUT2D eigenvalue weighted by atomic mass is 35.5. The van der Waals surface area contributed by atoms with Crippen LogP contribution in [0.5, 0.6) is 5.75 Å². The molecule has 17 heavy (non-hydrogen) atoms. The Labute approximate surface area is 105 Å². The second-order valence-electron chi connectivity index (χ2n) is 3.86. The Hall–Kier alpha value is -1.42. The van der Waals surface area contributed by atoms with E-state index >= 15 is 0 Å². The van der Waals surface area contributed by atoms with Crippen molar-refractivity contribution < 1.29 is 14.3 Å². The van der Waals surface area contributed by atoms with E-state index in [0.29, 0.717) is 41.7 Å². The van der Waals surface area contributed by atoms with Gasteiger partial charge in [-0.1, -0.05) is 18.5 Å². The average Bonchev–Trinajstić information content (AvgIpc) is 2.80. The van der Waals surface area contributed by atoms with Crippen molar-refractivity contribution in [3.8, 4) is 5.75 Å². The molecule has 0 aromatic heterocycles. The van der Waals surface area contributed by atoms with Gasteiger partial charge in [-0.25, -0.2) is 4.79 Å². The van der Waals surface area contributed by atoms with Gasteiger partial charge in [-0.2, -0.15) is 0 Å². The molecule has 4 nitrogen and oxygen atoms in total. The normalized spacial score (nSPS) is 13.1. The van der Waals surface area contributed by atoms with Crippen LogP contribution in [0.15, 0.2) is 6.07 Å². The summed E-state index contributed by atoms with van der Waals surface area (Å²) in [5, 5.41) is 0.373. The van der Waals surface area contributed by atoms with Crippen LogP contribution in [-0.2, 0) is 11.2 Å². The molecule has 1 aromatic rings. The Kier molecular flexibility index (Phi) is 3.43. The van der Waals surface area contributed by atoms with Crippen LogP contribution in [0, 0.1) is 0 Å². The number of hydrogen-bond acceptors (Lipinski definition) is 4. The van der Waals surface area contributed by atoms with Gasteiger partial charge in [0.15, 0.2) is 0 Å². The van der Waals surface area contributed by atoms with Gasteiger partial charge < -0.3 is 15.2 Å². The second kappa shape index (κ2) is 4.84. The van der Waals surface area contributed by atoms with Gasteiger partial charge in [-0.05, 0) is 12.5 Å². The topological polar surface area (TPSA) is 61.5 Å². The van der Waals surface area contributed by atoms with Gasteiger partial charge in [-0.3, -0.25) is 0 Å². The van der Waals surface area contributed by atoms with E-state index < -0.39 is 5.97 Å². The maximum atomic E-state index is 11.8. The SMILES string of the molecule is CCCOC(=O)c1cc(Cl)c(N)c2c1OCC2. The lowest BCUT2D eigenvalue weighted by Crippen LogP contribution is -2.08. The molecule has 0 amide bonds. The predicted octanol–water partition coefficient (Wildman–Crippen LogP) is 2.42. The van der Waals surface area contributed by atoms with Crippen LogP contribution in [0.1, 0.15) is 29.3 Å². The number of fused-ring (bicyclic) bond motifs is 1. The maximum absolute atomic E-state index is 11.8. The van der Waals surface area contributed by atoms with Gasteiger partial charge in [0.05, 0.1) is 23.9 Å². The Balaban J connectivity index is 2.38. The summed E-state index contributed by atoms with van der Waals surface area (Å²) in [7, 11) is 0. The number of carbonyl (C=O) groups excluding carboxylic acids is 1. The van der Waals surface area contributed by atoms with E-state index in [0.717, 1.165) is 12.0 Å². The van der Waals surface area contributed by atoms with Crippen molar-refractivity contribution in [2.24, 2.45) is 0 Å². The molecular weight excluding hydrogens is 242 g/mol. The van der Waals surface area contributed by atoms with Crippen molar-refractivity contribution in [2.45, 2.75) is 19.8 Å². The third-order valence-electron chi connectivity index (χ3n) is 2.63. The summed E-state index contributed by atoms with van der Waals surface area (Å²) in [6.45, 7) is 2.84. The monoisotopic (exact) mass is 255 g/mol. The van der Waals surface area contributed by atoms with E-state index in [-0.39, 0.29) is 0 Å². The molecule has 0 radical (unpaired) electrons. The summed E-state index contributed by atoms with van der Waals surface area (Å²) >= 11 is 5.99. The van der Waals surface area contributed by atoms with Crippen LogP contribution in [0.3, 0.4) is 0 Å². The molecule has 0 fully saturated rings. The van der Waals surface area contributed by atoms with Crippen molar-refractivity contribution in [3.05, 3.63) is 22.2 Å².